The predicted octanol–water partition coefficient (Wildman–Crippen LogP) is 0.185. The molecule has 0 bridgehead atoms. The summed E-state index contributed by atoms with van der Waals surface area (Å²) < 4.78 is 26.0. The summed E-state index contributed by atoms with van der Waals surface area (Å²) >= 11 is 0. The summed E-state index contributed by atoms with van der Waals surface area (Å²) in [7, 11) is 0. The third kappa shape index (κ3) is 13.6. The number of rotatable bonds is 15. The summed E-state index contributed by atoms with van der Waals surface area (Å²) in [5.41, 5.74) is -0.532. The molecule has 0 aromatic carbocycles. The molecule has 12 heteroatoms. The number of carbonyl (C=O) groups excluding carboxylic acids is 4. The van der Waals surface area contributed by atoms with E-state index in [0.717, 1.165) is 0 Å². The minimum atomic E-state index is -0.826. The van der Waals surface area contributed by atoms with Crippen molar-refractivity contribution >= 4 is 23.9 Å². The monoisotopic (exact) mass is 448 g/mol. The lowest BCUT2D eigenvalue weighted by atomic mass is 10.2. The van der Waals surface area contributed by atoms with Gasteiger partial charge in [0, 0.05) is 19.4 Å². The molecule has 3 amide bonds. The van der Waals surface area contributed by atoms with Crippen molar-refractivity contribution in [3.63, 3.8) is 0 Å². The van der Waals surface area contributed by atoms with E-state index in [0.29, 0.717) is 44.6 Å². The maximum Gasteiger partial charge on any atom is 0.407 e. The SMILES string of the molecule is CC(C)(C)OC(=O)NCCOCCOCCOCCOCC(=O)ON1C(=O)CCC1=O. The lowest BCUT2D eigenvalue weighted by Crippen LogP contribution is -2.34. The quantitative estimate of drug-likeness (QED) is 0.273. The maximum absolute atomic E-state index is 11.5. The molecule has 0 aliphatic carbocycles. The molecule has 0 unspecified atom stereocenters. The number of ether oxygens (including phenoxy) is 5. The molecule has 1 aliphatic rings. The first-order valence-corrected chi connectivity index (χ1v) is 10.0. The first kappa shape index (κ1) is 26.8. The van der Waals surface area contributed by atoms with Gasteiger partial charge in [-0.1, -0.05) is 0 Å². The maximum atomic E-state index is 11.5. The zero-order valence-electron chi connectivity index (χ0n) is 18.3. The Labute approximate surface area is 181 Å². The molecule has 0 atom stereocenters. The Morgan fingerprint density at radius 2 is 1.32 bits per heavy atom. The van der Waals surface area contributed by atoms with Crippen molar-refractivity contribution in [2.45, 2.75) is 39.2 Å². The fraction of sp³-hybridized carbons (Fsp3) is 0.789. The Morgan fingerprint density at radius 3 is 1.84 bits per heavy atom. The molecule has 0 aromatic heterocycles. The molecule has 12 nitrogen and oxygen atoms in total. The second-order valence-corrected chi connectivity index (χ2v) is 7.36. The van der Waals surface area contributed by atoms with Crippen molar-refractivity contribution in [2.24, 2.45) is 0 Å². The second-order valence-electron chi connectivity index (χ2n) is 7.36. The summed E-state index contributed by atoms with van der Waals surface area (Å²) in [5, 5.41) is 3.06. The fourth-order valence-corrected chi connectivity index (χ4v) is 2.14. The number of hydrogen-bond donors (Lipinski definition) is 1. The van der Waals surface area contributed by atoms with Crippen molar-refractivity contribution in [2.75, 3.05) is 59.4 Å². The summed E-state index contributed by atoms with van der Waals surface area (Å²) in [4.78, 5) is 50.1. The van der Waals surface area contributed by atoms with Crippen LogP contribution in [0.3, 0.4) is 0 Å². The number of hydroxylamine groups is 2. The molecule has 178 valence electrons. The number of imide groups is 1. The number of nitrogens with one attached hydrogen (secondary N) is 1. The van der Waals surface area contributed by atoms with E-state index in [4.69, 9.17) is 23.7 Å². The van der Waals surface area contributed by atoms with Crippen LogP contribution in [0.2, 0.25) is 0 Å². The fourth-order valence-electron chi connectivity index (χ4n) is 2.14. The van der Waals surface area contributed by atoms with Crippen LogP contribution >= 0.6 is 0 Å². The van der Waals surface area contributed by atoms with Crippen LogP contribution < -0.4 is 5.32 Å². The molecule has 31 heavy (non-hydrogen) atoms. The van der Waals surface area contributed by atoms with Crippen molar-refractivity contribution in [1.29, 1.82) is 0 Å². The number of carbonyl (C=O) groups is 4. The van der Waals surface area contributed by atoms with Crippen LogP contribution in [0.15, 0.2) is 0 Å². The highest BCUT2D eigenvalue weighted by molar-refractivity contribution is 6.01. The summed E-state index contributed by atoms with van der Waals surface area (Å²) in [6, 6.07) is 0. The number of amides is 3. The van der Waals surface area contributed by atoms with Gasteiger partial charge < -0.3 is 33.8 Å². The van der Waals surface area contributed by atoms with Gasteiger partial charge in [-0.2, -0.15) is 0 Å². The minimum absolute atomic E-state index is 0.0420. The third-order valence-electron chi connectivity index (χ3n) is 3.45. The molecule has 1 fully saturated rings. The highest BCUT2D eigenvalue weighted by atomic mass is 16.7. The topological polar surface area (TPSA) is 139 Å². The van der Waals surface area contributed by atoms with Gasteiger partial charge in [-0.25, -0.2) is 9.59 Å². The minimum Gasteiger partial charge on any atom is -0.444 e. The van der Waals surface area contributed by atoms with Crippen LogP contribution in [0.1, 0.15) is 33.6 Å². The predicted molar refractivity (Wildman–Crippen MR) is 105 cm³/mol. The first-order valence-electron chi connectivity index (χ1n) is 10.0. The highest BCUT2D eigenvalue weighted by Crippen LogP contribution is 2.12. The van der Waals surface area contributed by atoms with Gasteiger partial charge in [0.15, 0.2) is 0 Å². The average molecular weight is 448 g/mol. The van der Waals surface area contributed by atoms with Crippen molar-refractivity contribution in [3.05, 3.63) is 0 Å². The van der Waals surface area contributed by atoms with Gasteiger partial charge >= 0.3 is 12.1 Å². The zero-order valence-corrected chi connectivity index (χ0v) is 18.3. The molecule has 1 N–H and O–H groups in total. The van der Waals surface area contributed by atoms with E-state index in [1.54, 1.807) is 20.8 Å². The van der Waals surface area contributed by atoms with Gasteiger partial charge in [-0.3, -0.25) is 9.59 Å². The molecular weight excluding hydrogens is 416 g/mol. The van der Waals surface area contributed by atoms with E-state index < -0.39 is 36.1 Å². The third-order valence-corrected chi connectivity index (χ3v) is 3.45. The Balaban J connectivity index is 1.82. The largest absolute Gasteiger partial charge is 0.444 e. The Kier molecular flexibility index (Phi) is 12.7. The zero-order chi connectivity index (χ0) is 23.1. The number of nitrogens with zero attached hydrogens (tertiary/aromatic N) is 1. The van der Waals surface area contributed by atoms with Gasteiger partial charge in [0.2, 0.25) is 0 Å². The molecule has 1 heterocycles. The summed E-state index contributed by atoms with van der Waals surface area (Å²) in [5.74, 6) is -1.90. The molecule has 0 radical (unpaired) electrons. The molecule has 1 saturated heterocycles. The lowest BCUT2D eigenvalue weighted by molar-refractivity contribution is -0.200. The van der Waals surface area contributed by atoms with Crippen molar-refractivity contribution in [3.8, 4) is 0 Å². The van der Waals surface area contributed by atoms with E-state index >= 15 is 0 Å². The van der Waals surface area contributed by atoms with Gasteiger partial charge in [-0.15, -0.1) is 5.06 Å². The van der Waals surface area contributed by atoms with Crippen LogP contribution in [-0.2, 0) is 42.9 Å². The molecule has 0 saturated carbocycles. The Morgan fingerprint density at radius 1 is 0.839 bits per heavy atom. The van der Waals surface area contributed by atoms with E-state index in [1.807, 2.05) is 0 Å². The van der Waals surface area contributed by atoms with Gasteiger partial charge in [-0.05, 0) is 20.8 Å². The summed E-state index contributed by atoms with van der Waals surface area (Å²) in [6.07, 6.45) is -0.400. The Bertz CT molecular complexity index is 575. The van der Waals surface area contributed by atoms with Crippen LogP contribution in [0, 0.1) is 0 Å². The van der Waals surface area contributed by atoms with Crippen molar-refractivity contribution < 1.29 is 47.7 Å². The van der Waals surface area contributed by atoms with E-state index in [2.05, 4.69) is 10.2 Å². The standard InChI is InChI=1S/C19H32N2O10/c1-19(2,3)30-18(25)20-6-7-26-8-9-27-10-11-28-12-13-29-14-17(24)31-21-15(22)4-5-16(21)23/h4-14H2,1-3H3,(H,20,25). The van der Waals surface area contributed by atoms with E-state index in [1.165, 1.54) is 0 Å². The number of alkyl carbamates (subject to hydrolysis) is 1. The van der Waals surface area contributed by atoms with Crippen LogP contribution in [-0.4, -0.2) is 93.9 Å². The lowest BCUT2D eigenvalue weighted by Gasteiger charge is -2.19. The van der Waals surface area contributed by atoms with Gasteiger partial charge in [0.05, 0.1) is 46.2 Å². The molecule has 0 spiro atoms. The summed E-state index contributed by atoms with van der Waals surface area (Å²) in [6.45, 7) is 7.51. The average Bonchev–Trinajstić information content (AvgIpc) is 2.98. The normalized spacial score (nSPS) is 14.1. The molecule has 1 rings (SSSR count). The van der Waals surface area contributed by atoms with E-state index in [-0.39, 0.29) is 26.1 Å². The molecule has 0 aromatic rings. The van der Waals surface area contributed by atoms with Gasteiger partial charge in [0.25, 0.3) is 11.8 Å². The smallest absolute Gasteiger partial charge is 0.407 e. The molecular formula is C19H32N2O10. The first-order chi connectivity index (χ1) is 14.7. The van der Waals surface area contributed by atoms with Crippen molar-refractivity contribution in [1.82, 2.24) is 10.4 Å². The Hall–Kier alpha value is -2.28. The van der Waals surface area contributed by atoms with Crippen LogP contribution in [0.5, 0.6) is 0 Å². The van der Waals surface area contributed by atoms with Gasteiger partial charge in [0.1, 0.15) is 12.2 Å². The highest BCUT2D eigenvalue weighted by Gasteiger charge is 2.32. The molecule has 1 aliphatic heterocycles. The van der Waals surface area contributed by atoms with Crippen LogP contribution in [0.4, 0.5) is 4.79 Å². The van der Waals surface area contributed by atoms with E-state index in [9.17, 15) is 19.2 Å². The van der Waals surface area contributed by atoms with Crippen LogP contribution in [0.25, 0.3) is 0 Å². The second kappa shape index (κ2) is 14.7. The number of hydrogen-bond acceptors (Lipinski definition) is 10.